The Balaban J connectivity index is 1.65. The molecule has 22 heavy (non-hydrogen) atoms. The Hall–Kier alpha value is -2.31. The third kappa shape index (κ3) is 2.70. The van der Waals surface area contributed by atoms with E-state index in [1.54, 1.807) is 27.9 Å². The van der Waals surface area contributed by atoms with Crippen LogP contribution in [0.2, 0.25) is 0 Å². The lowest BCUT2D eigenvalue weighted by Crippen LogP contribution is -2.24. The van der Waals surface area contributed by atoms with E-state index >= 15 is 0 Å². The zero-order valence-electron chi connectivity index (χ0n) is 12.4. The van der Waals surface area contributed by atoms with Gasteiger partial charge in [-0.25, -0.2) is 13.9 Å². The quantitative estimate of drug-likeness (QED) is 0.453. The van der Waals surface area contributed by atoms with Crippen molar-refractivity contribution in [2.24, 2.45) is 24.0 Å². The van der Waals surface area contributed by atoms with Gasteiger partial charge in [0.25, 0.3) is 0 Å². The van der Waals surface area contributed by atoms with Gasteiger partial charge in [0.15, 0.2) is 23.8 Å². The summed E-state index contributed by atoms with van der Waals surface area (Å²) in [6.07, 6.45) is 8.58. The second-order valence-electron chi connectivity index (χ2n) is 5.88. The lowest BCUT2D eigenvalue weighted by molar-refractivity contribution is -0.671. The molecule has 0 radical (unpaired) electrons. The fourth-order valence-electron chi connectivity index (χ4n) is 3.19. The van der Waals surface area contributed by atoms with Crippen molar-refractivity contribution >= 4 is 23.2 Å². The molecule has 0 aromatic carbocycles. The molecule has 1 aromatic rings. The molecule has 0 spiro atoms. The summed E-state index contributed by atoms with van der Waals surface area (Å²) in [5.74, 6) is -1.67. The highest BCUT2D eigenvalue weighted by atomic mass is 16.7. The number of hydrogen-bond donors (Lipinski definition) is 0. The Morgan fingerprint density at radius 2 is 1.95 bits per heavy atom. The molecule has 2 aliphatic rings. The molecule has 7 heteroatoms. The van der Waals surface area contributed by atoms with Crippen LogP contribution in [0, 0.1) is 11.8 Å². The number of fused-ring (bicyclic) bond motifs is 1. The number of ketones is 2. The highest BCUT2D eigenvalue weighted by Gasteiger charge is 2.48. The number of aromatic nitrogens is 2. The van der Waals surface area contributed by atoms with Crippen molar-refractivity contribution in [3.8, 4) is 0 Å². The third-order valence-corrected chi connectivity index (χ3v) is 4.28. The molecule has 2 aliphatic carbocycles. The first-order valence-corrected chi connectivity index (χ1v) is 7.43. The number of oxime groups is 1. The summed E-state index contributed by atoms with van der Waals surface area (Å²) < 4.78 is 3.41. The lowest BCUT2D eigenvalue weighted by atomic mass is 9.81. The topological polar surface area (TPSA) is 81.6 Å². The number of imidazole rings is 1. The van der Waals surface area contributed by atoms with E-state index in [4.69, 9.17) is 4.84 Å². The number of Topliss-reactive ketones (excluding diaryl/α,β-unsaturated/α-hetero) is 2. The third-order valence-electron chi connectivity index (χ3n) is 4.28. The van der Waals surface area contributed by atoms with E-state index in [1.807, 2.05) is 7.05 Å². The monoisotopic (exact) mass is 304 g/mol. The zero-order chi connectivity index (χ0) is 15.7. The van der Waals surface area contributed by atoms with E-state index in [0.717, 1.165) is 25.7 Å². The number of rotatable bonds is 3. The van der Waals surface area contributed by atoms with Gasteiger partial charge in [-0.05, 0) is 12.8 Å². The van der Waals surface area contributed by atoms with Crippen LogP contribution < -0.4 is 4.57 Å². The normalized spacial score (nSPS) is 24.3. The fraction of sp³-hybridized carbons (Fsp3) is 0.533. The fourth-order valence-corrected chi connectivity index (χ4v) is 3.19. The molecular weight excluding hydrogens is 286 g/mol. The van der Waals surface area contributed by atoms with Crippen LogP contribution in [0.25, 0.3) is 0 Å². The van der Waals surface area contributed by atoms with E-state index in [-0.39, 0.29) is 35.7 Å². The lowest BCUT2D eigenvalue weighted by Gasteiger charge is -2.20. The van der Waals surface area contributed by atoms with E-state index < -0.39 is 5.97 Å². The maximum absolute atomic E-state index is 12.2. The van der Waals surface area contributed by atoms with Crippen molar-refractivity contribution in [2.75, 3.05) is 0 Å². The van der Waals surface area contributed by atoms with Crippen molar-refractivity contribution in [2.45, 2.75) is 32.2 Å². The highest BCUT2D eigenvalue weighted by molar-refractivity contribution is 6.70. The highest BCUT2D eigenvalue weighted by Crippen LogP contribution is 2.36. The molecule has 116 valence electrons. The van der Waals surface area contributed by atoms with E-state index in [9.17, 15) is 14.4 Å². The summed E-state index contributed by atoms with van der Waals surface area (Å²) >= 11 is 0. The molecule has 2 unspecified atom stereocenters. The first-order chi connectivity index (χ1) is 10.6. The molecule has 1 aromatic heterocycles. The number of aryl methyl sites for hydroxylation is 1. The Morgan fingerprint density at radius 3 is 2.50 bits per heavy atom. The predicted molar refractivity (Wildman–Crippen MR) is 74.6 cm³/mol. The summed E-state index contributed by atoms with van der Waals surface area (Å²) in [7, 11) is 1.83. The minimum atomic E-state index is -0.612. The SMILES string of the molecule is C[n+]1ccn(CC(=O)ON=C2C(=O)C3CCCCC3C2=O)c1. The second kappa shape index (κ2) is 5.82. The predicted octanol–water partition coefficient (Wildman–Crippen LogP) is 0.170. The summed E-state index contributed by atoms with van der Waals surface area (Å²) in [6, 6.07) is 0. The van der Waals surface area contributed by atoms with Gasteiger partial charge in [0.1, 0.15) is 12.4 Å². The van der Waals surface area contributed by atoms with Crippen LogP contribution in [0.15, 0.2) is 23.9 Å². The Labute approximate surface area is 127 Å². The van der Waals surface area contributed by atoms with Crippen LogP contribution in [0.4, 0.5) is 0 Å². The van der Waals surface area contributed by atoms with Crippen molar-refractivity contribution in [1.82, 2.24) is 4.57 Å². The van der Waals surface area contributed by atoms with Crippen molar-refractivity contribution < 1.29 is 23.8 Å². The molecular formula is C15H18N3O4+. The molecule has 0 amide bonds. The van der Waals surface area contributed by atoms with Crippen LogP contribution in [0.3, 0.4) is 0 Å². The molecule has 3 rings (SSSR count). The zero-order valence-corrected chi connectivity index (χ0v) is 12.4. The van der Waals surface area contributed by atoms with Crippen molar-refractivity contribution in [3.05, 3.63) is 18.7 Å². The molecule has 1 heterocycles. The minimum absolute atomic E-state index is 0.0210. The number of hydrogen-bond acceptors (Lipinski definition) is 5. The second-order valence-corrected chi connectivity index (χ2v) is 5.88. The van der Waals surface area contributed by atoms with Gasteiger partial charge in [0, 0.05) is 11.8 Å². The van der Waals surface area contributed by atoms with E-state index in [0.29, 0.717) is 0 Å². The number of carbonyl (C=O) groups is 3. The standard InChI is InChI=1S/C15H18N3O4/c1-17-6-7-18(9-17)8-12(19)22-16-13-14(20)10-4-2-3-5-11(10)15(13)21/h6-7,9-11H,2-5,8H2,1H3/q+1. The van der Waals surface area contributed by atoms with Gasteiger partial charge >= 0.3 is 5.97 Å². The Bertz CT molecular complexity index is 635. The summed E-state index contributed by atoms with van der Waals surface area (Å²) in [4.78, 5) is 40.8. The van der Waals surface area contributed by atoms with Gasteiger partial charge in [-0.3, -0.25) is 9.59 Å². The number of carbonyl (C=O) groups excluding carboxylic acids is 3. The van der Waals surface area contributed by atoms with Crippen LogP contribution in [-0.2, 0) is 32.8 Å². The summed E-state index contributed by atoms with van der Waals surface area (Å²) in [5, 5.41) is 3.56. The van der Waals surface area contributed by atoms with Gasteiger partial charge in [0.05, 0.1) is 7.05 Å². The molecule has 0 bridgehead atoms. The summed E-state index contributed by atoms with van der Waals surface area (Å²) in [6.45, 7) is -0.0210. The molecule has 2 atom stereocenters. The van der Waals surface area contributed by atoms with Crippen LogP contribution in [0.5, 0.6) is 0 Å². The van der Waals surface area contributed by atoms with Gasteiger partial charge in [-0.2, -0.15) is 0 Å². The van der Waals surface area contributed by atoms with E-state index in [2.05, 4.69) is 5.16 Å². The number of nitrogens with zero attached hydrogens (tertiary/aromatic N) is 3. The molecule has 2 fully saturated rings. The Kier molecular flexibility index (Phi) is 3.87. The summed E-state index contributed by atoms with van der Waals surface area (Å²) in [5.41, 5.74) is -0.191. The van der Waals surface area contributed by atoms with Gasteiger partial charge in [0.2, 0.25) is 6.33 Å². The molecule has 2 saturated carbocycles. The minimum Gasteiger partial charge on any atom is -0.313 e. The van der Waals surface area contributed by atoms with Gasteiger partial charge < -0.3 is 4.84 Å². The van der Waals surface area contributed by atoms with Gasteiger partial charge in [-0.1, -0.05) is 18.0 Å². The van der Waals surface area contributed by atoms with Gasteiger partial charge in [-0.15, -0.1) is 0 Å². The average molecular weight is 304 g/mol. The maximum Gasteiger partial charge on any atom is 0.376 e. The van der Waals surface area contributed by atoms with Crippen LogP contribution >= 0.6 is 0 Å². The molecule has 0 saturated heterocycles. The van der Waals surface area contributed by atoms with Crippen LogP contribution in [0.1, 0.15) is 25.7 Å². The molecule has 0 N–H and O–H groups in total. The molecule has 0 aliphatic heterocycles. The smallest absolute Gasteiger partial charge is 0.313 e. The first kappa shape index (κ1) is 14.6. The largest absolute Gasteiger partial charge is 0.376 e. The first-order valence-electron chi connectivity index (χ1n) is 7.43. The Morgan fingerprint density at radius 1 is 1.32 bits per heavy atom. The van der Waals surface area contributed by atoms with E-state index in [1.165, 1.54) is 0 Å². The van der Waals surface area contributed by atoms with Crippen molar-refractivity contribution in [3.63, 3.8) is 0 Å². The van der Waals surface area contributed by atoms with Crippen LogP contribution in [-0.4, -0.2) is 27.8 Å². The molecule has 7 nitrogen and oxygen atoms in total. The van der Waals surface area contributed by atoms with Crippen molar-refractivity contribution in [1.29, 1.82) is 0 Å². The maximum atomic E-state index is 12.2. The average Bonchev–Trinajstić information content (AvgIpc) is 3.01.